The SMILES string of the molecule is C[C@H]1CN(C(=O)c2ccc(Br)c(S(=O)(=O)N3CCOCC3)c2)C[C@H](C)O1. The Morgan fingerprint density at radius 2 is 1.77 bits per heavy atom. The first-order chi connectivity index (χ1) is 12.3. The van der Waals surface area contributed by atoms with E-state index in [1.54, 1.807) is 17.0 Å². The highest BCUT2D eigenvalue weighted by atomic mass is 79.9. The molecule has 0 bridgehead atoms. The standard InChI is InChI=1S/C17H23BrN2O5S/c1-12-10-19(11-13(2)25-12)17(21)14-3-4-15(18)16(9-14)26(22,23)20-5-7-24-8-6-20/h3-4,9,12-13H,5-8,10-11H2,1-2H3/t12-,13-/m0/s1. The van der Waals surface area contributed by atoms with E-state index in [2.05, 4.69) is 15.9 Å². The molecule has 7 nitrogen and oxygen atoms in total. The minimum atomic E-state index is -3.69. The smallest absolute Gasteiger partial charge is 0.254 e. The molecule has 0 aliphatic carbocycles. The van der Waals surface area contributed by atoms with Gasteiger partial charge in [0.2, 0.25) is 10.0 Å². The summed E-state index contributed by atoms with van der Waals surface area (Å²) in [5.41, 5.74) is 0.362. The Kier molecular flexibility index (Phi) is 6.03. The predicted molar refractivity (Wildman–Crippen MR) is 99.6 cm³/mol. The number of morpholine rings is 2. The Hall–Kier alpha value is -1.00. The third-order valence-electron chi connectivity index (χ3n) is 4.47. The lowest BCUT2D eigenvalue weighted by atomic mass is 10.1. The minimum absolute atomic E-state index is 0.0466. The lowest BCUT2D eigenvalue weighted by molar-refractivity contribution is -0.0586. The Labute approximate surface area is 162 Å². The van der Waals surface area contributed by atoms with Crippen molar-refractivity contribution in [2.45, 2.75) is 31.0 Å². The first-order valence-electron chi connectivity index (χ1n) is 8.61. The van der Waals surface area contributed by atoms with Crippen LogP contribution in [0.1, 0.15) is 24.2 Å². The van der Waals surface area contributed by atoms with Crippen molar-refractivity contribution in [3.8, 4) is 0 Å². The third kappa shape index (κ3) is 4.12. The number of benzene rings is 1. The van der Waals surface area contributed by atoms with Crippen molar-refractivity contribution in [3.63, 3.8) is 0 Å². The van der Waals surface area contributed by atoms with Crippen LogP contribution in [-0.4, -0.2) is 75.1 Å². The molecule has 0 unspecified atom stereocenters. The topological polar surface area (TPSA) is 76.2 Å². The van der Waals surface area contributed by atoms with Crippen molar-refractivity contribution in [1.29, 1.82) is 0 Å². The lowest BCUT2D eigenvalue weighted by Crippen LogP contribution is -2.48. The summed E-state index contributed by atoms with van der Waals surface area (Å²) in [6.45, 7) is 6.20. The molecule has 1 amide bonds. The fourth-order valence-electron chi connectivity index (χ4n) is 3.29. The van der Waals surface area contributed by atoms with Crippen LogP contribution in [0.2, 0.25) is 0 Å². The number of amides is 1. The Bertz CT molecular complexity index is 769. The molecule has 1 aromatic carbocycles. The van der Waals surface area contributed by atoms with Crippen LogP contribution in [-0.2, 0) is 19.5 Å². The number of hydrogen-bond donors (Lipinski definition) is 0. The van der Waals surface area contributed by atoms with E-state index >= 15 is 0 Å². The summed E-state index contributed by atoms with van der Waals surface area (Å²) in [4.78, 5) is 14.7. The van der Waals surface area contributed by atoms with E-state index in [1.807, 2.05) is 13.8 Å². The van der Waals surface area contributed by atoms with Crippen LogP contribution in [0.3, 0.4) is 0 Å². The maximum Gasteiger partial charge on any atom is 0.254 e. The molecule has 2 aliphatic rings. The van der Waals surface area contributed by atoms with E-state index in [0.717, 1.165) is 0 Å². The monoisotopic (exact) mass is 446 g/mol. The molecule has 2 aliphatic heterocycles. The van der Waals surface area contributed by atoms with E-state index in [1.165, 1.54) is 10.4 Å². The molecule has 3 rings (SSSR count). The Morgan fingerprint density at radius 3 is 2.38 bits per heavy atom. The fraction of sp³-hybridized carbons (Fsp3) is 0.588. The molecular weight excluding hydrogens is 424 g/mol. The second-order valence-electron chi connectivity index (χ2n) is 6.63. The number of rotatable bonds is 3. The van der Waals surface area contributed by atoms with Gasteiger partial charge in [-0.2, -0.15) is 4.31 Å². The van der Waals surface area contributed by atoms with Gasteiger partial charge in [0.25, 0.3) is 5.91 Å². The summed E-state index contributed by atoms with van der Waals surface area (Å²) in [6.07, 6.45) is -0.0931. The van der Waals surface area contributed by atoms with Gasteiger partial charge in [0, 0.05) is 36.2 Å². The Balaban J connectivity index is 1.88. The van der Waals surface area contributed by atoms with Gasteiger partial charge in [-0.25, -0.2) is 8.42 Å². The van der Waals surface area contributed by atoms with Gasteiger partial charge in [-0.1, -0.05) is 0 Å². The molecule has 2 saturated heterocycles. The fourth-order valence-corrected chi connectivity index (χ4v) is 5.65. The van der Waals surface area contributed by atoms with Crippen molar-refractivity contribution >= 4 is 31.9 Å². The van der Waals surface area contributed by atoms with E-state index in [0.29, 0.717) is 49.4 Å². The predicted octanol–water partition coefficient (Wildman–Crippen LogP) is 1.72. The van der Waals surface area contributed by atoms with Gasteiger partial charge >= 0.3 is 0 Å². The first-order valence-corrected chi connectivity index (χ1v) is 10.8. The average molecular weight is 447 g/mol. The largest absolute Gasteiger partial charge is 0.379 e. The summed E-state index contributed by atoms with van der Waals surface area (Å²) in [5.74, 6) is -0.182. The Morgan fingerprint density at radius 1 is 1.15 bits per heavy atom. The van der Waals surface area contributed by atoms with Crippen LogP contribution in [0.15, 0.2) is 27.6 Å². The molecule has 2 atom stereocenters. The van der Waals surface area contributed by atoms with Crippen molar-refractivity contribution < 1.29 is 22.7 Å². The molecular formula is C17H23BrN2O5S. The number of carbonyl (C=O) groups excluding carboxylic acids is 1. The number of nitrogens with zero attached hydrogens (tertiary/aromatic N) is 2. The van der Waals surface area contributed by atoms with Gasteiger partial charge in [-0.15, -0.1) is 0 Å². The van der Waals surface area contributed by atoms with Gasteiger partial charge in [0.05, 0.1) is 30.3 Å². The molecule has 144 valence electrons. The molecule has 0 spiro atoms. The maximum atomic E-state index is 13.0. The molecule has 0 N–H and O–H groups in total. The zero-order valence-electron chi connectivity index (χ0n) is 14.9. The van der Waals surface area contributed by atoms with Crippen LogP contribution in [0, 0.1) is 0 Å². The third-order valence-corrected chi connectivity index (χ3v) is 7.37. The highest BCUT2D eigenvalue weighted by molar-refractivity contribution is 9.10. The maximum absolute atomic E-state index is 13.0. The first kappa shape index (κ1) is 19.8. The number of hydrogen-bond acceptors (Lipinski definition) is 5. The second-order valence-corrected chi connectivity index (χ2v) is 9.39. The molecule has 0 saturated carbocycles. The number of ether oxygens (including phenoxy) is 2. The number of halogens is 1. The zero-order valence-corrected chi connectivity index (χ0v) is 17.3. The van der Waals surface area contributed by atoms with E-state index in [4.69, 9.17) is 9.47 Å². The van der Waals surface area contributed by atoms with Crippen molar-refractivity contribution in [1.82, 2.24) is 9.21 Å². The molecule has 26 heavy (non-hydrogen) atoms. The molecule has 2 heterocycles. The molecule has 0 aromatic heterocycles. The average Bonchev–Trinajstić information content (AvgIpc) is 2.61. The lowest BCUT2D eigenvalue weighted by Gasteiger charge is -2.35. The van der Waals surface area contributed by atoms with E-state index in [9.17, 15) is 13.2 Å². The van der Waals surface area contributed by atoms with Crippen LogP contribution >= 0.6 is 15.9 Å². The van der Waals surface area contributed by atoms with E-state index in [-0.39, 0.29) is 23.0 Å². The van der Waals surface area contributed by atoms with Gasteiger partial charge in [0.1, 0.15) is 0 Å². The quantitative estimate of drug-likeness (QED) is 0.706. The van der Waals surface area contributed by atoms with Gasteiger partial charge in [-0.3, -0.25) is 4.79 Å². The minimum Gasteiger partial charge on any atom is -0.379 e. The second kappa shape index (κ2) is 7.93. The number of carbonyl (C=O) groups is 1. The van der Waals surface area contributed by atoms with Crippen LogP contribution in [0.25, 0.3) is 0 Å². The molecule has 2 fully saturated rings. The van der Waals surface area contributed by atoms with Gasteiger partial charge in [0.15, 0.2) is 0 Å². The summed E-state index contributed by atoms with van der Waals surface area (Å²) in [6, 6.07) is 4.73. The molecule has 1 aromatic rings. The van der Waals surface area contributed by atoms with Crippen LogP contribution in [0.4, 0.5) is 0 Å². The summed E-state index contributed by atoms with van der Waals surface area (Å²) >= 11 is 3.32. The summed E-state index contributed by atoms with van der Waals surface area (Å²) in [5, 5.41) is 0. The van der Waals surface area contributed by atoms with Gasteiger partial charge < -0.3 is 14.4 Å². The summed E-state index contributed by atoms with van der Waals surface area (Å²) in [7, 11) is -3.69. The zero-order chi connectivity index (χ0) is 18.9. The summed E-state index contributed by atoms with van der Waals surface area (Å²) < 4.78 is 38.7. The van der Waals surface area contributed by atoms with Crippen LogP contribution in [0.5, 0.6) is 0 Å². The normalized spacial score (nSPS) is 25.3. The highest BCUT2D eigenvalue weighted by Gasteiger charge is 2.31. The molecule has 9 heteroatoms. The van der Waals surface area contributed by atoms with Crippen molar-refractivity contribution in [2.24, 2.45) is 0 Å². The van der Waals surface area contributed by atoms with Crippen LogP contribution < -0.4 is 0 Å². The van der Waals surface area contributed by atoms with Crippen molar-refractivity contribution in [2.75, 3.05) is 39.4 Å². The van der Waals surface area contributed by atoms with Gasteiger partial charge in [-0.05, 0) is 48.0 Å². The van der Waals surface area contributed by atoms with Crippen molar-refractivity contribution in [3.05, 3.63) is 28.2 Å². The highest BCUT2D eigenvalue weighted by Crippen LogP contribution is 2.28. The van der Waals surface area contributed by atoms with E-state index < -0.39 is 10.0 Å². The molecule has 0 radical (unpaired) electrons. The number of sulfonamides is 1.